The van der Waals surface area contributed by atoms with Crippen molar-refractivity contribution in [1.82, 2.24) is 24.5 Å². The lowest BCUT2D eigenvalue weighted by atomic mass is 10.0. The molecular weight excluding hydrogens is 431 g/mol. The molecule has 0 saturated carbocycles. The van der Waals surface area contributed by atoms with Gasteiger partial charge in [0.05, 0.1) is 28.5 Å². The van der Waals surface area contributed by atoms with Gasteiger partial charge in [-0.05, 0) is 36.1 Å². The molecule has 5 aromatic rings. The van der Waals surface area contributed by atoms with E-state index in [1.54, 1.807) is 42.7 Å². The van der Waals surface area contributed by atoms with Crippen molar-refractivity contribution in [1.29, 1.82) is 0 Å². The second-order valence-corrected chi connectivity index (χ2v) is 7.70. The van der Waals surface area contributed by atoms with Gasteiger partial charge in [-0.2, -0.15) is 0 Å². The number of aromatic amines is 1. The SMILES string of the molecule is CCC(Nc1ncnc2[nH]cnc12)c1cc2cccc(F)c2c(=O)n1-c1ccccc1Cl. The Bertz CT molecular complexity index is 1510. The number of anilines is 1. The summed E-state index contributed by atoms with van der Waals surface area (Å²) in [6.45, 7) is 1.98. The number of nitrogens with one attached hydrogen (secondary N) is 2. The Morgan fingerprint density at radius 3 is 2.81 bits per heavy atom. The van der Waals surface area contributed by atoms with Crippen molar-refractivity contribution in [3.63, 3.8) is 0 Å². The Balaban J connectivity index is 1.76. The topological polar surface area (TPSA) is 88.5 Å². The molecule has 3 aromatic heterocycles. The highest BCUT2D eigenvalue weighted by molar-refractivity contribution is 6.32. The molecule has 9 heteroatoms. The molecule has 1 atom stereocenters. The van der Waals surface area contributed by atoms with E-state index in [4.69, 9.17) is 11.6 Å². The number of nitrogens with zero attached hydrogens (tertiary/aromatic N) is 4. The molecule has 3 heterocycles. The van der Waals surface area contributed by atoms with Crippen molar-refractivity contribution >= 4 is 39.4 Å². The Labute approximate surface area is 186 Å². The second-order valence-electron chi connectivity index (χ2n) is 7.29. The zero-order chi connectivity index (χ0) is 22.2. The highest BCUT2D eigenvalue weighted by Crippen LogP contribution is 2.30. The van der Waals surface area contributed by atoms with Gasteiger partial charge in [0, 0.05) is 5.69 Å². The Morgan fingerprint density at radius 1 is 1.16 bits per heavy atom. The molecule has 2 aromatic carbocycles. The van der Waals surface area contributed by atoms with E-state index < -0.39 is 11.4 Å². The number of fused-ring (bicyclic) bond motifs is 2. The standard InChI is InChI=1S/C23H18ClFN6O/c1-2-16(30-22-20-21(27-11-26-20)28-12-29-22)18-10-13-6-5-8-15(25)19(13)23(32)31(18)17-9-4-3-7-14(17)24/h3-12,16H,2H2,1H3,(H2,26,27,28,29,30). The molecule has 0 saturated heterocycles. The summed E-state index contributed by atoms with van der Waals surface area (Å²) in [5.74, 6) is -0.0458. The number of rotatable bonds is 5. The van der Waals surface area contributed by atoms with Crippen LogP contribution in [0.3, 0.4) is 0 Å². The first kappa shape index (κ1) is 20.1. The summed E-state index contributed by atoms with van der Waals surface area (Å²) >= 11 is 6.46. The van der Waals surface area contributed by atoms with Crippen molar-refractivity contribution in [3.8, 4) is 5.69 Å². The van der Waals surface area contributed by atoms with Gasteiger partial charge < -0.3 is 10.3 Å². The first-order chi connectivity index (χ1) is 15.6. The van der Waals surface area contributed by atoms with Crippen molar-refractivity contribution in [2.45, 2.75) is 19.4 Å². The lowest BCUT2D eigenvalue weighted by Gasteiger charge is -2.24. The normalized spacial score (nSPS) is 12.3. The van der Waals surface area contributed by atoms with Crippen LogP contribution in [0, 0.1) is 5.82 Å². The molecule has 0 radical (unpaired) electrons. The van der Waals surface area contributed by atoms with Gasteiger partial charge in [0.25, 0.3) is 5.56 Å². The molecule has 0 fully saturated rings. The maximum atomic E-state index is 14.7. The molecule has 0 amide bonds. The lowest BCUT2D eigenvalue weighted by Crippen LogP contribution is -2.27. The number of halogens is 2. The average Bonchev–Trinajstić information content (AvgIpc) is 3.28. The fraction of sp³-hybridized carbons (Fsp3) is 0.130. The maximum Gasteiger partial charge on any atom is 0.266 e. The zero-order valence-corrected chi connectivity index (χ0v) is 17.8. The summed E-state index contributed by atoms with van der Waals surface area (Å²) < 4.78 is 16.1. The van der Waals surface area contributed by atoms with E-state index in [0.29, 0.717) is 45.2 Å². The van der Waals surface area contributed by atoms with Crippen LogP contribution in [0.15, 0.2) is 66.0 Å². The van der Waals surface area contributed by atoms with Gasteiger partial charge in [-0.1, -0.05) is 42.8 Å². The van der Waals surface area contributed by atoms with Gasteiger partial charge in [-0.3, -0.25) is 9.36 Å². The van der Waals surface area contributed by atoms with Crippen LogP contribution in [0.5, 0.6) is 0 Å². The number of H-pyrrole nitrogens is 1. The van der Waals surface area contributed by atoms with Crippen LogP contribution in [0.4, 0.5) is 10.2 Å². The molecular formula is C23H18ClFN6O. The van der Waals surface area contributed by atoms with E-state index in [0.717, 1.165) is 0 Å². The highest BCUT2D eigenvalue weighted by Gasteiger charge is 2.22. The fourth-order valence-electron chi connectivity index (χ4n) is 3.90. The predicted molar refractivity (Wildman–Crippen MR) is 123 cm³/mol. The Kier molecular flexibility index (Phi) is 5.07. The van der Waals surface area contributed by atoms with Crippen molar-refractivity contribution in [2.24, 2.45) is 0 Å². The lowest BCUT2D eigenvalue weighted by molar-refractivity contribution is 0.635. The molecule has 32 heavy (non-hydrogen) atoms. The molecule has 7 nitrogen and oxygen atoms in total. The smallest absolute Gasteiger partial charge is 0.266 e. The number of benzene rings is 2. The minimum atomic E-state index is -0.574. The third-order valence-electron chi connectivity index (χ3n) is 5.41. The average molecular weight is 449 g/mol. The van der Waals surface area contributed by atoms with Crippen LogP contribution in [0.25, 0.3) is 27.6 Å². The quantitative estimate of drug-likeness (QED) is 0.394. The van der Waals surface area contributed by atoms with Gasteiger partial charge in [-0.15, -0.1) is 0 Å². The van der Waals surface area contributed by atoms with Crippen molar-refractivity contribution in [3.05, 3.63) is 88.1 Å². The van der Waals surface area contributed by atoms with Crippen LogP contribution in [-0.2, 0) is 0 Å². The summed E-state index contributed by atoms with van der Waals surface area (Å²) in [7, 11) is 0. The van der Waals surface area contributed by atoms with Crippen LogP contribution < -0.4 is 10.9 Å². The van der Waals surface area contributed by atoms with E-state index in [1.807, 2.05) is 13.0 Å². The molecule has 0 aliphatic carbocycles. The molecule has 0 bridgehead atoms. The summed E-state index contributed by atoms with van der Waals surface area (Å²) in [6, 6.07) is 13.1. The molecule has 0 aliphatic rings. The van der Waals surface area contributed by atoms with Gasteiger partial charge >= 0.3 is 0 Å². The van der Waals surface area contributed by atoms with Crippen LogP contribution in [0.1, 0.15) is 25.1 Å². The summed E-state index contributed by atoms with van der Waals surface area (Å²) in [5.41, 5.74) is 1.82. The largest absolute Gasteiger partial charge is 0.360 e. The molecule has 2 N–H and O–H groups in total. The Morgan fingerprint density at radius 2 is 2.00 bits per heavy atom. The molecule has 5 rings (SSSR count). The first-order valence-corrected chi connectivity index (χ1v) is 10.5. The molecule has 0 aliphatic heterocycles. The molecule has 1 unspecified atom stereocenters. The monoisotopic (exact) mass is 448 g/mol. The first-order valence-electron chi connectivity index (χ1n) is 10.1. The van der Waals surface area contributed by atoms with E-state index in [-0.39, 0.29) is 11.4 Å². The van der Waals surface area contributed by atoms with Gasteiger partial charge in [0.2, 0.25) is 0 Å². The van der Waals surface area contributed by atoms with E-state index in [1.165, 1.54) is 17.0 Å². The predicted octanol–water partition coefficient (Wildman–Crippen LogP) is 5.01. The number of imidazole rings is 1. The maximum absolute atomic E-state index is 14.7. The van der Waals surface area contributed by atoms with E-state index in [2.05, 4.69) is 25.3 Å². The van der Waals surface area contributed by atoms with Crippen LogP contribution >= 0.6 is 11.6 Å². The van der Waals surface area contributed by atoms with E-state index in [9.17, 15) is 9.18 Å². The third kappa shape index (κ3) is 3.29. The Hall–Kier alpha value is -3.78. The highest BCUT2D eigenvalue weighted by atomic mass is 35.5. The number of aromatic nitrogens is 5. The summed E-state index contributed by atoms with van der Waals surface area (Å²) in [4.78, 5) is 29.3. The van der Waals surface area contributed by atoms with E-state index >= 15 is 0 Å². The zero-order valence-electron chi connectivity index (χ0n) is 17.0. The van der Waals surface area contributed by atoms with Crippen molar-refractivity contribution < 1.29 is 4.39 Å². The third-order valence-corrected chi connectivity index (χ3v) is 5.73. The van der Waals surface area contributed by atoms with Gasteiger partial charge in [0.15, 0.2) is 11.5 Å². The summed E-state index contributed by atoms with van der Waals surface area (Å²) in [5, 5.41) is 4.30. The molecule has 0 spiro atoms. The summed E-state index contributed by atoms with van der Waals surface area (Å²) in [6.07, 6.45) is 3.59. The molecule has 160 valence electrons. The number of hydrogen-bond donors (Lipinski definition) is 2. The van der Waals surface area contributed by atoms with Gasteiger partial charge in [0.1, 0.15) is 17.7 Å². The number of para-hydroxylation sites is 1. The van der Waals surface area contributed by atoms with Gasteiger partial charge in [-0.25, -0.2) is 19.3 Å². The minimum Gasteiger partial charge on any atom is -0.360 e. The van der Waals surface area contributed by atoms with Crippen LogP contribution in [0.2, 0.25) is 5.02 Å². The van der Waals surface area contributed by atoms with Crippen LogP contribution in [-0.4, -0.2) is 24.5 Å². The van der Waals surface area contributed by atoms with Crippen molar-refractivity contribution in [2.75, 3.05) is 5.32 Å². The number of pyridine rings is 1. The fourth-order valence-corrected chi connectivity index (χ4v) is 4.12. The second kappa shape index (κ2) is 8.05. The minimum absolute atomic E-state index is 0.0164. The number of hydrogen-bond acceptors (Lipinski definition) is 5.